The van der Waals surface area contributed by atoms with Crippen LogP contribution in [-0.4, -0.2) is 30.7 Å². The summed E-state index contributed by atoms with van der Waals surface area (Å²) in [6.45, 7) is 0.647. The van der Waals surface area contributed by atoms with Crippen LogP contribution in [-0.2, 0) is 14.3 Å². The summed E-state index contributed by atoms with van der Waals surface area (Å²) in [6, 6.07) is 8.92. The number of ether oxygens (including phenoxy) is 1. The SMILES string of the molecule is COC(=O)C(NCCCCCC(=O)O)c1ccccc1. The van der Waals surface area contributed by atoms with Crippen LogP contribution in [0.2, 0.25) is 0 Å². The molecule has 0 saturated carbocycles. The van der Waals surface area contributed by atoms with Crippen LogP contribution in [0, 0.1) is 0 Å². The van der Waals surface area contributed by atoms with E-state index >= 15 is 0 Å². The average Bonchev–Trinajstić information content (AvgIpc) is 2.46. The van der Waals surface area contributed by atoms with Gasteiger partial charge in [0, 0.05) is 6.42 Å². The molecule has 1 unspecified atom stereocenters. The molecule has 110 valence electrons. The second-order valence-corrected chi connectivity index (χ2v) is 4.53. The molecule has 1 aromatic carbocycles. The predicted octanol–water partition coefficient (Wildman–Crippen LogP) is 2.14. The Labute approximate surface area is 118 Å². The smallest absolute Gasteiger partial charge is 0.327 e. The van der Waals surface area contributed by atoms with Gasteiger partial charge in [0.15, 0.2) is 0 Å². The summed E-state index contributed by atoms with van der Waals surface area (Å²) in [7, 11) is 1.37. The van der Waals surface area contributed by atoms with Gasteiger partial charge in [0.25, 0.3) is 0 Å². The van der Waals surface area contributed by atoms with E-state index in [1.165, 1.54) is 7.11 Å². The van der Waals surface area contributed by atoms with E-state index in [9.17, 15) is 9.59 Å². The lowest BCUT2D eigenvalue weighted by Crippen LogP contribution is -2.30. The van der Waals surface area contributed by atoms with Gasteiger partial charge in [-0.2, -0.15) is 0 Å². The van der Waals surface area contributed by atoms with Gasteiger partial charge in [-0.05, 0) is 24.9 Å². The van der Waals surface area contributed by atoms with Gasteiger partial charge in [-0.3, -0.25) is 4.79 Å². The Hall–Kier alpha value is -1.88. The first-order chi connectivity index (χ1) is 9.65. The van der Waals surface area contributed by atoms with Gasteiger partial charge < -0.3 is 15.2 Å². The molecule has 0 aliphatic heterocycles. The number of methoxy groups -OCH3 is 1. The second-order valence-electron chi connectivity index (χ2n) is 4.53. The van der Waals surface area contributed by atoms with Crippen LogP contribution in [0.5, 0.6) is 0 Å². The highest BCUT2D eigenvalue weighted by atomic mass is 16.5. The summed E-state index contributed by atoms with van der Waals surface area (Å²) in [5.74, 6) is -1.09. The number of hydrogen-bond acceptors (Lipinski definition) is 4. The molecular formula is C15H21NO4. The molecule has 0 fully saturated rings. The second kappa shape index (κ2) is 9.09. The number of carbonyl (C=O) groups is 2. The van der Waals surface area contributed by atoms with Crippen LogP contribution >= 0.6 is 0 Å². The van der Waals surface area contributed by atoms with Gasteiger partial charge in [0.1, 0.15) is 6.04 Å². The number of nitrogens with one attached hydrogen (secondary N) is 1. The minimum absolute atomic E-state index is 0.194. The first-order valence-electron chi connectivity index (χ1n) is 6.73. The summed E-state index contributed by atoms with van der Waals surface area (Å²) < 4.78 is 4.80. The standard InChI is InChI=1S/C15H21NO4/c1-20-15(19)14(12-8-4-2-5-9-12)16-11-7-3-6-10-13(17)18/h2,4-5,8-9,14,16H,3,6-7,10-11H2,1H3,(H,17,18). The quantitative estimate of drug-likeness (QED) is 0.535. The fourth-order valence-corrected chi connectivity index (χ4v) is 1.93. The van der Waals surface area contributed by atoms with E-state index in [0.29, 0.717) is 13.0 Å². The molecule has 0 heterocycles. The Morgan fingerprint density at radius 3 is 2.50 bits per heavy atom. The number of benzene rings is 1. The van der Waals surface area contributed by atoms with Gasteiger partial charge in [0.05, 0.1) is 7.11 Å². The lowest BCUT2D eigenvalue weighted by molar-refractivity contribution is -0.143. The fraction of sp³-hybridized carbons (Fsp3) is 0.467. The first kappa shape index (κ1) is 16.2. The van der Waals surface area contributed by atoms with E-state index in [1.54, 1.807) is 0 Å². The molecule has 20 heavy (non-hydrogen) atoms. The van der Waals surface area contributed by atoms with Crippen LogP contribution in [0.3, 0.4) is 0 Å². The molecule has 0 aliphatic carbocycles. The van der Waals surface area contributed by atoms with Crippen molar-refractivity contribution in [2.24, 2.45) is 0 Å². The van der Waals surface area contributed by atoms with Crippen molar-refractivity contribution in [1.82, 2.24) is 5.32 Å². The Morgan fingerprint density at radius 2 is 1.90 bits per heavy atom. The van der Waals surface area contributed by atoms with Crippen LogP contribution < -0.4 is 5.32 Å². The summed E-state index contributed by atoms with van der Waals surface area (Å²) in [5, 5.41) is 11.7. The molecule has 0 bridgehead atoms. The number of hydrogen-bond donors (Lipinski definition) is 2. The van der Waals surface area contributed by atoms with Gasteiger partial charge in [-0.15, -0.1) is 0 Å². The lowest BCUT2D eigenvalue weighted by atomic mass is 10.1. The third-order valence-corrected chi connectivity index (χ3v) is 2.99. The van der Waals surface area contributed by atoms with Gasteiger partial charge in [-0.25, -0.2) is 4.79 Å². The molecule has 0 radical (unpaired) electrons. The zero-order valence-electron chi connectivity index (χ0n) is 11.7. The molecular weight excluding hydrogens is 258 g/mol. The molecule has 0 amide bonds. The molecule has 0 aliphatic rings. The molecule has 5 heteroatoms. The minimum atomic E-state index is -0.769. The number of carboxylic acids is 1. The lowest BCUT2D eigenvalue weighted by Gasteiger charge is -2.16. The van der Waals surface area contributed by atoms with E-state index < -0.39 is 12.0 Å². The van der Waals surface area contributed by atoms with Crippen molar-refractivity contribution >= 4 is 11.9 Å². The number of rotatable bonds is 9. The third kappa shape index (κ3) is 5.84. The van der Waals surface area contributed by atoms with Crippen LogP contribution in [0.15, 0.2) is 30.3 Å². The zero-order chi connectivity index (χ0) is 14.8. The maximum atomic E-state index is 11.8. The molecule has 1 atom stereocenters. The monoisotopic (exact) mass is 279 g/mol. The molecule has 0 saturated heterocycles. The number of aliphatic carboxylic acids is 1. The molecule has 0 aromatic heterocycles. The molecule has 5 nitrogen and oxygen atoms in total. The topological polar surface area (TPSA) is 75.6 Å². The van der Waals surface area contributed by atoms with Crippen molar-refractivity contribution in [3.05, 3.63) is 35.9 Å². The summed E-state index contributed by atoms with van der Waals surface area (Å²) in [4.78, 5) is 22.1. The van der Waals surface area contributed by atoms with Crippen molar-refractivity contribution in [1.29, 1.82) is 0 Å². The van der Waals surface area contributed by atoms with E-state index in [1.807, 2.05) is 30.3 Å². The zero-order valence-corrected chi connectivity index (χ0v) is 11.7. The van der Waals surface area contributed by atoms with E-state index in [-0.39, 0.29) is 12.4 Å². The number of carbonyl (C=O) groups excluding carboxylic acids is 1. The minimum Gasteiger partial charge on any atom is -0.481 e. The molecule has 1 aromatic rings. The summed E-state index contributed by atoms with van der Waals surface area (Å²) in [5.41, 5.74) is 0.866. The highest BCUT2D eigenvalue weighted by Crippen LogP contribution is 2.14. The highest BCUT2D eigenvalue weighted by Gasteiger charge is 2.19. The van der Waals surface area contributed by atoms with Gasteiger partial charge in [-0.1, -0.05) is 36.8 Å². The Balaban J connectivity index is 2.39. The van der Waals surface area contributed by atoms with Crippen molar-refractivity contribution in [3.8, 4) is 0 Å². The van der Waals surface area contributed by atoms with E-state index in [0.717, 1.165) is 18.4 Å². The first-order valence-corrected chi connectivity index (χ1v) is 6.73. The van der Waals surface area contributed by atoms with Crippen molar-refractivity contribution in [2.75, 3.05) is 13.7 Å². The third-order valence-electron chi connectivity index (χ3n) is 2.99. The number of esters is 1. The van der Waals surface area contributed by atoms with Crippen LogP contribution in [0.4, 0.5) is 0 Å². The molecule has 0 spiro atoms. The highest BCUT2D eigenvalue weighted by molar-refractivity contribution is 5.77. The Kier molecular flexibility index (Phi) is 7.35. The number of unbranched alkanes of at least 4 members (excludes halogenated alkanes) is 2. The van der Waals surface area contributed by atoms with Crippen LogP contribution in [0.25, 0.3) is 0 Å². The molecule has 2 N–H and O–H groups in total. The Bertz CT molecular complexity index is 419. The number of carboxylic acid groups (broad SMARTS) is 1. The van der Waals surface area contributed by atoms with Crippen molar-refractivity contribution in [3.63, 3.8) is 0 Å². The largest absolute Gasteiger partial charge is 0.481 e. The maximum absolute atomic E-state index is 11.8. The summed E-state index contributed by atoms with van der Waals surface area (Å²) in [6.07, 6.45) is 2.50. The van der Waals surface area contributed by atoms with E-state index in [4.69, 9.17) is 9.84 Å². The Morgan fingerprint density at radius 1 is 1.20 bits per heavy atom. The fourth-order valence-electron chi connectivity index (χ4n) is 1.93. The van der Waals surface area contributed by atoms with Crippen molar-refractivity contribution in [2.45, 2.75) is 31.7 Å². The normalized spacial score (nSPS) is 11.8. The van der Waals surface area contributed by atoms with Gasteiger partial charge in [0.2, 0.25) is 0 Å². The predicted molar refractivity (Wildman–Crippen MR) is 75.3 cm³/mol. The maximum Gasteiger partial charge on any atom is 0.327 e. The average molecular weight is 279 g/mol. The van der Waals surface area contributed by atoms with Crippen LogP contribution in [0.1, 0.15) is 37.3 Å². The van der Waals surface area contributed by atoms with Crippen molar-refractivity contribution < 1.29 is 19.4 Å². The van der Waals surface area contributed by atoms with E-state index in [2.05, 4.69) is 5.32 Å². The molecule has 1 rings (SSSR count). The summed E-state index contributed by atoms with van der Waals surface area (Å²) >= 11 is 0. The van der Waals surface area contributed by atoms with Gasteiger partial charge >= 0.3 is 11.9 Å².